The van der Waals surface area contributed by atoms with Crippen molar-refractivity contribution in [2.45, 2.75) is 13.1 Å². The number of halogens is 3. The number of ether oxygens (including phenoxy) is 1. The lowest BCUT2D eigenvalue weighted by molar-refractivity contribution is -0.137. The van der Waals surface area contributed by atoms with Gasteiger partial charge in [0.2, 0.25) is 5.91 Å². The number of amides is 2. The number of anilines is 1. The van der Waals surface area contributed by atoms with Crippen LogP contribution in [-0.4, -0.2) is 36.3 Å². The second-order valence-electron chi connectivity index (χ2n) is 5.87. The van der Waals surface area contributed by atoms with Crippen LogP contribution in [-0.2, 0) is 15.8 Å². The standard InChI is InChI=1S/C19H17F3N2O4/c1-12(25)28-14-9-7-13(8-10-14)18(27)24(2)11-17(26)23-16-6-4-3-5-15(16)19(20,21)22/h3-10H,11H2,1-2H3,(H,23,26). The zero-order valence-electron chi connectivity index (χ0n) is 15.0. The van der Waals surface area contributed by atoms with Crippen molar-refractivity contribution < 1.29 is 32.3 Å². The number of carbonyl (C=O) groups excluding carboxylic acids is 3. The lowest BCUT2D eigenvalue weighted by atomic mass is 10.1. The topological polar surface area (TPSA) is 75.7 Å². The first-order valence-corrected chi connectivity index (χ1v) is 8.08. The van der Waals surface area contributed by atoms with Crippen LogP contribution in [0.4, 0.5) is 18.9 Å². The summed E-state index contributed by atoms with van der Waals surface area (Å²) in [5, 5.41) is 2.17. The minimum Gasteiger partial charge on any atom is -0.427 e. The van der Waals surface area contributed by atoms with E-state index in [-0.39, 0.29) is 17.0 Å². The molecule has 9 heteroatoms. The SMILES string of the molecule is CC(=O)Oc1ccc(C(=O)N(C)CC(=O)Nc2ccccc2C(F)(F)F)cc1. The Bertz CT molecular complexity index is 879. The van der Waals surface area contributed by atoms with Crippen LogP contribution in [0.2, 0.25) is 0 Å². The van der Waals surface area contributed by atoms with Crippen molar-refractivity contribution in [1.82, 2.24) is 4.90 Å². The van der Waals surface area contributed by atoms with E-state index in [4.69, 9.17) is 4.74 Å². The van der Waals surface area contributed by atoms with Gasteiger partial charge in [0.1, 0.15) is 5.75 Å². The summed E-state index contributed by atoms with van der Waals surface area (Å²) >= 11 is 0. The molecule has 0 unspecified atom stereocenters. The molecule has 0 atom stereocenters. The number of para-hydroxylation sites is 1. The summed E-state index contributed by atoms with van der Waals surface area (Å²) < 4.78 is 43.8. The van der Waals surface area contributed by atoms with E-state index in [2.05, 4.69) is 5.32 Å². The first-order valence-electron chi connectivity index (χ1n) is 8.08. The smallest absolute Gasteiger partial charge is 0.418 e. The van der Waals surface area contributed by atoms with Gasteiger partial charge in [-0.2, -0.15) is 13.2 Å². The first-order chi connectivity index (χ1) is 13.1. The number of nitrogens with one attached hydrogen (secondary N) is 1. The Balaban J connectivity index is 2.02. The molecule has 0 aliphatic carbocycles. The fourth-order valence-electron chi connectivity index (χ4n) is 2.37. The summed E-state index contributed by atoms with van der Waals surface area (Å²) in [4.78, 5) is 36.4. The molecule has 2 aromatic rings. The van der Waals surface area contributed by atoms with E-state index in [1.165, 1.54) is 50.4 Å². The largest absolute Gasteiger partial charge is 0.427 e. The highest BCUT2D eigenvalue weighted by atomic mass is 19.4. The van der Waals surface area contributed by atoms with Crippen molar-refractivity contribution in [3.63, 3.8) is 0 Å². The molecular weight excluding hydrogens is 377 g/mol. The predicted octanol–water partition coefficient (Wildman–Crippen LogP) is 3.34. The number of rotatable bonds is 5. The molecule has 148 valence electrons. The first kappa shape index (κ1) is 20.9. The van der Waals surface area contributed by atoms with Crippen molar-refractivity contribution >= 4 is 23.5 Å². The number of benzene rings is 2. The molecule has 0 fully saturated rings. The molecule has 2 aromatic carbocycles. The molecule has 2 rings (SSSR count). The van der Waals surface area contributed by atoms with Gasteiger partial charge in [-0.1, -0.05) is 12.1 Å². The number of esters is 1. The maximum atomic E-state index is 13.0. The van der Waals surface area contributed by atoms with Gasteiger partial charge in [-0.25, -0.2) is 0 Å². The third kappa shape index (κ3) is 5.57. The van der Waals surface area contributed by atoms with Crippen LogP contribution in [0.15, 0.2) is 48.5 Å². The molecule has 0 saturated heterocycles. The van der Waals surface area contributed by atoms with Crippen LogP contribution in [0.1, 0.15) is 22.8 Å². The summed E-state index contributed by atoms with van der Waals surface area (Å²) in [6.07, 6.45) is -4.62. The van der Waals surface area contributed by atoms with Crippen molar-refractivity contribution in [1.29, 1.82) is 0 Å². The average molecular weight is 394 g/mol. The number of likely N-dealkylation sites (N-methyl/N-ethyl adjacent to an activating group) is 1. The highest BCUT2D eigenvalue weighted by Crippen LogP contribution is 2.34. The molecule has 0 aliphatic heterocycles. The van der Waals surface area contributed by atoms with Gasteiger partial charge in [0.25, 0.3) is 5.91 Å². The molecule has 0 radical (unpaired) electrons. The normalized spacial score (nSPS) is 10.9. The Morgan fingerprint density at radius 2 is 1.64 bits per heavy atom. The van der Waals surface area contributed by atoms with Crippen molar-refractivity contribution in [3.05, 3.63) is 59.7 Å². The van der Waals surface area contributed by atoms with Gasteiger partial charge < -0.3 is 15.0 Å². The van der Waals surface area contributed by atoms with Crippen LogP contribution < -0.4 is 10.1 Å². The third-order valence-corrected chi connectivity index (χ3v) is 3.60. The second kappa shape index (κ2) is 8.55. The third-order valence-electron chi connectivity index (χ3n) is 3.60. The Kier molecular flexibility index (Phi) is 6.40. The maximum absolute atomic E-state index is 13.0. The molecule has 0 aromatic heterocycles. The fraction of sp³-hybridized carbons (Fsp3) is 0.211. The lowest BCUT2D eigenvalue weighted by Crippen LogP contribution is -2.35. The van der Waals surface area contributed by atoms with E-state index < -0.39 is 36.1 Å². The van der Waals surface area contributed by atoms with E-state index in [0.717, 1.165) is 17.0 Å². The Morgan fingerprint density at radius 3 is 2.21 bits per heavy atom. The van der Waals surface area contributed by atoms with Crippen LogP contribution in [0.25, 0.3) is 0 Å². The molecule has 0 spiro atoms. The summed E-state index contributed by atoms with van der Waals surface area (Å²) in [7, 11) is 1.34. The number of carbonyl (C=O) groups is 3. The minimum absolute atomic E-state index is 0.224. The van der Waals surface area contributed by atoms with Gasteiger partial charge in [-0.3, -0.25) is 14.4 Å². The van der Waals surface area contributed by atoms with Crippen molar-refractivity contribution in [2.75, 3.05) is 18.9 Å². The van der Waals surface area contributed by atoms with Crippen LogP contribution >= 0.6 is 0 Å². The van der Waals surface area contributed by atoms with Gasteiger partial charge in [0, 0.05) is 19.5 Å². The van der Waals surface area contributed by atoms with Gasteiger partial charge in [-0.05, 0) is 36.4 Å². The molecule has 0 aliphatic rings. The molecule has 0 saturated carbocycles. The Labute approximate surface area is 158 Å². The number of nitrogens with zero attached hydrogens (tertiary/aromatic N) is 1. The van der Waals surface area contributed by atoms with Crippen LogP contribution in [0.3, 0.4) is 0 Å². The van der Waals surface area contributed by atoms with Gasteiger partial charge in [-0.15, -0.1) is 0 Å². The van der Waals surface area contributed by atoms with Crippen molar-refractivity contribution in [2.24, 2.45) is 0 Å². The zero-order valence-corrected chi connectivity index (χ0v) is 15.0. The van der Waals surface area contributed by atoms with Crippen LogP contribution in [0, 0.1) is 0 Å². The molecular formula is C19H17F3N2O4. The van der Waals surface area contributed by atoms with Crippen molar-refractivity contribution in [3.8, 4) is 5.75 Å². The lowest BCUT2D eigenvalue weighted by Gasteiger charge is -2.18. The highest BCUT2D eigenvalue weighted by Gasteiger charge is 2.33. The molecule has 0 bridgehead atoms. The quantitative estimate of drug-likeness (QED) is 0.624. The summed E-state index contributed by atoms with van der Waals surface area (Å²) in [6.45, 7) is 0.791. The molecule has 1 N–H and O–H groups in total. The molecule has 0 heterocycles. The number of hydrogen-bond acceptors (Lipinski definition) is 4. The minimum atomic E-state index is -4.62. The van der Waals surface area contributed by atoms with Gasteiger partial charge in [0.05, 0.1) is 17.8 Å². The average Bonchev–Trinajstić information content (AvgIpc) is 2.60. The fourth-order valence-corrected chi connectivity index (χ4v) is 2.37. The van der Waals surface area contributed by atoms with Crippen LogP contribution in [0.5, 0.6) is 5.75 Å². The second-order valence-corrected chi connectivity index (χ2v) is 5.87. The van der Waals surface area contributed by atoms with E-state index in [1.54, 1.807) is 0 Å². The van der Waals surface area contributed by atoms with Gasteiger partial charge in [0.15, 0.2) is 0 Å². The zero-order chi connectivity index (χ0) is 20.9. The maximum Gasteiger partial charge on any atom is 0.418 e. The number of hydrogen-bond donors (Lipinski definition) is 1. The highest BCUT2D eigenvalue weighted by molar-refractivity contribution is 5.99. The Hall–Kier alpha value is -3.36. The monoisotopic (exact) mass is 394 g/mol. The van der Waals surface area contributed by atoms with Gasteiger partial charge >= 0.3 is 12.1 Å². The molecule has 2 amide bonds. The predicted molar refractivity (Wildman–Crippen MR) is 94.8 cm³/mol. The molecule has 28 heavy (non-hydrogen) atoms. The van der Waals surface area contributed by atoms with E-state index in [1.807, 2.05) is 0 Å². The summed E-state index contributed by atoms with van der Waals surface area (Å²) in [5.41, 5.74) is -1.13. The summed E-state index contributed by atoms with van der Waals surface area (Å²) in [6, 6.07) is 10.2. The number of alkyl halides is 3. The summed E-state index contributed by atoms with van der Waals surface area (Å²) in [5.74, 6) is -1.54. The molecule has 6 nitrogen and oxygen atoms in total. The van der Waals surface area contributed by atoms with E-state index in [9.17, 15) is 27.6 Å². The van der Waals surface area contributed by atoms with E-state index in [0.29, 0.717) is 0 Å². The Morgan fingerprint density at radius 1 is 1.04 bits per heavy atom. The van der Waals surface area contributed by atoms with E-state index >= 15 is 0 Å².